The molecule has 2 N–H and O–H groups in total. The molecule has 0 aliphatic rings. The van der Waals surface area contributed by atoms with E-state index in [2.05, 4.69) is 10.1 Å². The number of H-pyrrole nitrogens is 1. The Balaban J connectivity index is 2.73. The Kier molecular flexibility index (Phi) is 1.55. The van der Waals surface area contributed by atoms with Gasteiger partial charge in [-0.05, 0) is 6.07 Å². The first-order chi connectivity index (χ1) is 5.92. The number of benzene rings is 1. The largest absolute Gasteiger partial charge is 0.411 e. The van der Waals surface area contributed by atoms with E-state index >= 15 is 0 Å². The number of para-hydroxylation sites is 1. The highest BCUT2D eigenvalue weighted by Gasteiger charge is 1.97. The highest BCUT2D eigenvalue weighted by molar-refractivity contribution is 5.97. The molecule has 0 unspecified atom stereocenters. The Morgan fingerprint density at radius 2 is 2.25 bits per heavy atom. The molecule has 0 spiro atoms. The van der Waals surface area contributed by atoms with Gasteiger partial charge in [-0.3, -0.25) is 0 Å². The minimum absolute atomic E-state index is 0.889. The van der Waals surface area contributed by atoms with Gasteiger partial charge in [-0.25, -0.2) is 0 Å². The summed E-state index contributed by atoms with van der Waals surface area (Å²) in [6.45, 7) is 0. The van der Waals surface area contributed by atoms with E-state index in [1.165, 1.54) is 6.21 Å². The summed E-state index contributed by atoms with van der Waals surface area (Å²) < 4.78 is 0. The van der Waals surface area contributed by atoms with Crippen molar-refractivity contribution < 1.29 is 5.21 Å². The van der Waals surface area contributed by atoms with Gasteiger partial charge in [0.25, 0.3) is 0 Å². The number of aromatic nitrogens is 1. The van der Waals surface area contributed by atoms with Crippen LogP contribution in [0, 0.1) is 0 Å². The summed E-state index contributed by atoms with van der Waals surface area (Å²) >= 11 is 0. The monoisotopic (exact) mass is 160 g/mol. The molecule has 1 aromatic heterocycles. The molecule has 0 aliphatic heterocycles. The third-order valence-corrected chi connectivity index (χ3v) is 1.82. The Morgan fingerprint density at radius 1 is 1.33 bits per heavy atom. The smallest absolute Gasteiger partial charge is 0.0754 e. The Morgan fingerprint density at radius 3 is 3.08 bits per heavy atom. The molecule has 2 rings (SSSR count). The van der Waals surface area contributed by atoms with E-state index in [4.69, 9.17) is 5.21 Å². The van der Waals surface area contributed by atoms with Crippen LogP contribution in [0.4, 0.5) is 0 Å². The van der Waals surface area contributed by atoms with Crippen molar-refractivity contribution in [2.24, 2.45) is 5.16 Å². The third kappa shape index (κ3) is 0.955. The maximum atomic E-state index is 8.37. The lowest BCUT2D eigenvalue weighted by atomic mass is 10.2. The normalized spacial score (nSPS) is 11.3. The summed E-state index contributed by atoms with van der Waals surface area (Å²) in [4.78, 5) is 3.07. The van der Waals surface area contributed by atoms with Crippen LogP contribution in [-0.4, -0.2) is 16.4 Å². The zero-order valence-electron chi connectivity index (χ0n) is 6.36. The third-order valence-electron chi connectivity index (χ3n) is 1.82. The summed E-state index contributed by atoms with van der Waals surface area (Å²) in [5.74, 6) is 0. The first kappa shape index (κ1) is 6.91. The Labute approximate surface area is 69.3 Å². The standard InChI is InChI=1S/C9H8N2O/c12-11-6-8-3-1-2-7-4-5-10-9(7)8/h1-6,10,12H/b11-6-. The van der Waals surface area contributed by atoms with Crippen molar-refractivity contribution in [2.75, 3.05) is 0 Å². The van der Waals surface area contributed by atoms with Crippen LogP contribution < -0.4 is 0 Å². The molecule has 0 saturated heterocycles. The topological polar surface area (TPSA) is 48.4 Å². The molecule has 3 nitrogen and oxygen atoms in total. The number of hydrogen-bond donors (Lipinski definition) is 2. The van der Waals surface area contributed by atoms with E-state index < -0.39 is 0 Å². The van der Waals surface area contributed by atoms with Gasteiger partial charge in [0.2, 0.25) is 0 Å². The van der Waals surface area contributed by atoms with Crippen LogP contribution in [0.15, 0.2) is 35.6 Å². The number of oxime groups is 1. The second-order valence-corrected chi connectivity index (χ2v) is 2.53. The summed E-state index contributed by atoms with van der Waals surface area (Å²) in [6, 6.07) is 7.79. The summed E-state index contributed by atoms with van der Waals surface area (Å²) in [5.41, 5.74) is 1.88. The zero-order valence-corrected chi connectivity index (χ0v) is 6.36. The first-order valence-electron chi connectivity index (χ1n) is 3.65. The predicted octanol–water partition coefficient (Wildman–Crippen LogP) is 1.98. The molecule has 1 heterocycles. The number of hydrogen-bond acceptors (Lipinski definition) is 2. The second-order valence-electron chi connectivity index (χ2n) is 2.53. The van der Waals surface area contributed by atoms with Crippen LogP contribution in [0.5, 0.6) is 0 Å². The maximum absolute atomic E-state index is 8.37. The van der Waals surface area contributed by atoms with Crippen LogP contribution in [0.25, 0.3) is 10.9 Å². The highest BCUT2D eigenvalue weighted by atomic mass is 16.4. The molecule has 0 aliphatic carbocycles. The lowest BCUT2D eigenvalue weighted by Crippen LogP contribution is -1.82. The van der Waals surface area contributed by atoms with Gasteiger partial charge >= 0.3 is 0 Å². The van der Waals surface area contributed by atoms with Crippen molar-refractivity contribution in [3.63, 3.8) is 0 Å². The van der Waals surface area contributed by atoms with Gasteiger partial charge in [0, 0.05) is 17.1 Å². The molecule has 0 amide bonds. The number of fused-ring (bicyclic) bond motifs is 1. The fourth-order valence-corrected chi connectivity index (χ4v) is 1.28. The van der Waals surface area contributed by atoms with Crippen LogP contribution in [-0.2, 0) is 0 Å². The second kappa shape index (κ2) is 2.70. The van der Waals surface area contributed by atoms with Crippen molar-refractivity contribution in [2.45, 2.75) is 0 Å². The van der Waals surface area contributed by atoms with Gasteiger partial charge in [0.1, 0.15) is 0 Å². The van der Waals surface area contributed by atoms with Crippen molar-refractivity contribution in [3.05, 3.63) is 36.0 Å². The van der Waals surface area contributed by atoms with Gasteiger partial charge < -0.3 is 10.2 Å². The van der Waals surface area contributed by atoms with Crippen molar-refractivity contribution in [1.82, 2.24) is 4.98 Å². The van der Waals surface area contributed by atoms with Crippen LogP contribution in [0.1, 0.15) is 5.56 Å². The lowest BCUT2D eigenvalue weighted by Gasteiger charge is -1.93. The van der Waals surface area contributed by atoms with Crippen molar-refractivity contribution in [1.29, 1.82) is 0 Å². The van der Waals surface area contributed by atoms with Crippen LogP contribution in [0.3, 0.4) is 0 Å². The van der Waals surface area contributed by atoms with Crippen molar-refractivity contribution >= 4 is 17.1 Å². The highest BCUT2D eigenvalue weighted by Crippen LogP contribution is 2.14. The summed E-state index contributed by atoms with van der Waals surface area (Å²) in [6.07, 6.45) is 3.28. The van der Waals surface area contributed by atoms with Crippen LogP contribution in [0.2, 0.25) is 0 Å². The minimum atomic E-state index is 0.889. The molecule has 12 heavy (non-hydrogen) atoms. The quantitative estimate of drug-likeness (QED) is 0.374. The number of aromatic amines is 1. The van der Waals surface area contributed by atoms with E-state index in [-0.39, 0.29) is 0 Å². The van der Waals surface area contributed by atoms with Gasteiger partial charge in [0.05, 0.1) is 11.7 Å². The van der Waals surface area contributed by atoms with Gasteiger partial charge in [-0.2, -0.15) is 0 Å². The zero-order chi connectivity index (χ0) is 8.39. The SMILES string of the molecule is O/N=C\c1cccc2cc[nH]c12. The molecular weight excluding hydrogens is 152 g/mol. The fourth-order valence-electron chi connectivity index (χ4n) is 1.28. The number of nitrogens with one attached hydrogen (secondary N) is 1. The number of nitrogens with zero attached hydrogens (tertiary/aromatic N) is 1. The molecule has 0 fully saturated rings. The average Bonchev–Trinajstić information content (AvgIpc) is 2.53. The van der Waals surface area contributed by atoms with E-state index in [0.717, 1.165) is 16.5 Å². The Bertz CT molecular complexity index is 417. The fraction of sp³-hybridized carbons (Fsp3) is 0. The molecule has 60 valence electrons. The Hall–Kier alpha value is -1.77. The molecule has 1 aromatic carbocycles. The molecular formula is C9H8N2O. The lowest BCUT2D eigenvalue weighted by molar-refractivity contribution is 0.322. The summed E-state index contributed by atoms with van der Waals surface area (Å²) in [7, 11) is 0. The minimum Gasteiger partial charge on any atom is -0.411 e. The van der Waals surface area contributed by atoms with Gasteiger partial charge in [0.15, 0.2) is 0 Å². The summed E-state index contributed by atoms with van der Waals surface area (Å²) in [5, 5.41) is 12.5. The molecule has 0 atom stereocenters. The maximum Gasteiger partial charge on any atom is 0.0754 e. The van der Waals surface area contributed by atoms with E-state index in [0.29, 0.717) is 0 Å². The van der Waals surface area contributed by atoms with Gasteiger partial charge in [-0.15, -0.1) is 0 Å². The van der Waals surface area contributed by atoms with E-state index in [1.807, 2.05) is 30.5 Å². The first-order valence-corrected chi connectivity index (χ1v) is 3.65. The molecule has 0 saturated carbocycles. The molecule has 0 radical (unpaired) electrons. The number of rotatable bonds is 1. The van der Waals surface area contributed by atoms with E-state index in [9.17, 15) is 0 Å². The van der Waals surface area contributed by atoms with Gasteiger partial charge in [-0.1, -0.05) is 23.4 Å². The molecule has 3 heteroatoms. The molecule has 2 aromatic rings. The van der Waals surface area contributed by atoms with Crippen molar-refractivity contribution in [3.8, 4) is 0 Å². The predicted molar refractivity (Wildman–Crippen MR) is 47.7 cm³/mol. The average molecular weight is 160 g/mol. The molecule has 0 bridgehead atoms. The van der Waals surface area contributed by atoms with E-state index in [1.54, 1.807) is 0 Å². The van der Waals surface area contributed by atoms with Crippen LogP contribution >= 0.6 is 0 Å².